The summed E-state index contributed by atoms with van der Waals surface area (Å²) in [6.45, 7) is 0.955. The van der Waals surface area contributed by atoms with Crippen LogP contribution in [0.25, 0.3) is 0 Å². The highest BCUT2D eigenvalue weighted by atomic mass is 35.5. The quantitative estimate of drug-likeness (QED) is 0.140. The largest absolute Gasteiger partial charge is 0.457 e. The van der Waals surface area contributed by atoms with Gasteiger partial charge in [0.2, 0.25) is 0 Å². The summed E-state index contributed by atoms with van der Waals surface area (Å²) in [4.78, 5) is 1.35. The van der Waals surface area contributed by atoms with E-state index in [4.69, 9.17) is 16.3 Å². The smallest absolute Gasteiger partial charge is 0.446 e. The van der Waals surface area contributed by atoms with Gasteiger partial charge in [-0.3, -0.25) is 0 Å². The second-order valence-electron chi connectivity index (χ2n) is 9.27. The van der Waals surface area contributed by atoms with Gasteiger partial charge in [0.15, 0.2) is 0 Å². The molecule has 0 aromatic heterocycles. The molecule has 0 aliphatic rings. The second kappa shape index (κ2) is 13.3. The highest BCUT2D eigenvalue weighted by Gasteiger charge is 2.37. The molecule has 42 heavy (non-hydrogen) atoms. The van der Waals surface area contributed by atoms with Crippen molar-refractivity contribution in [2.45, 2.75) is 42.5 Å². The Labute approximate surface area is 248 Å². The SMILES string of the molecule is CCc1cc(Oc2cccc(N(Cc3ccccc3SC(F)(F)F)C(CO)c3ccccc3C(F)(F)F)c2)ccc1Cl. The van der Waals surface area contributed by atoms with E-state index in [2.05, 4.69) is 0 Å². The topological polar surface area (TPSA) is 32.7 Å². The Balaban J connectivity index is 1.81. The Morgan fingerprint density at radius 3 is 2.21 bits per heavy atom. The van der Waals surface area contributed by atoms with Crippen LogP contribution in [0.5, 0.6) is 11.5 Å². The van der Waals surface area contributed by atoms with Gasteiger partial charge >= 0.3 is 11.7 Å². The van der Waals surface area contributed by atoms with Crippen molar-refractivity contribution < 1.29 is 36.2 Å². The summed E-state index contributed by atoms with van der Waals surface area (Å²) in [6, 6.07) is 20.9. The van der Waals surface area contributed by atoms with Crippen molar-refractivity contribution in [3.8, 4) is 11.5 Å². The van der Waals surface area contributed by atoms with Gasteiger partial charge in [-0.1, -0.05) is 61.0 Å². The fourth-order valence-electron chi connectivity index (χ4n) is 4.58. The summed E-state index contributed by atoms with van der Waals surface area (Å²) < 4.78 is 88.2. The summed E-state index contributed by atoms with van der Waals surface area (Å²) in [6.07, 6.45) is -4.06. The number of hydrogen-bond donors (Lipinski definition) is 1. The Bertz CT molecular complexity index is 1510. The molecule has 0 amide bonds. The minimum absolute atomic E-state index is 0.100. The first-order valence-corrected chi connectivity index (χ1v) is 14.0. The molecule has 0 saturated heterocycles. The predicted octanol–water partition coefficient (Wildman–Crippen LogP) is 10.1. The van der Waals surface area contributed by atoms with Crippen molar-refractivity contribution >= 4 is 29.1 Å². The number of thioether (sulfide) groups is 1. The summed E-state index contributed by atoms with van der Waals surface area (Å²) in [5, 5.41) is 11.1. The molecule has 0 bridgehead atoms. The maximum absolute atomic E-state index is 14.0. The van der Waals surface area contributed by atoms with Crippen molar-refractivity contribution in [3.63, 3.8) is 0 Å². The lowest BCUT2D eigenvalue weighted by Crippen LogP contribution is -2.32. The van der Waals surface area contributed by atoms with Crippen LogP contribution in [0.3, 0.4) is 0 Å². The lowest BCUT2D eigenvalue weighted by Gasteiger charge is -2.35. The van der Waals surface area contributed by atoms with Crippen LogP contribution < -0.4 is 9.64 Å². The highest BCUT2D eigenvalue weighted by molar-refractivity contribution is 8.00. The molecule has 0 spiro atoms. The molecule has 0 fully saturated rings. The lowest BCUT2D eigenvalue weighted by atomic mass is 9.97. The number of aliphatic hydroxyl groups is 1. The number of aliphatic hydroxyl groups excluding tert-OH is 1. The van der Waals surface area contributed by atoms with Crippen LogP contribution in [0.15, 0.2) is 95.9 Å². The molecule has 0 heterocycles. The van der Waals surface area contributed by atoms with Gasteiger partial charge in [0.05, 0.1) is 18.2 Å². The number of hydrogen-bond acceptors (Lipinski definition) is 4. The molecule has 0 radical (unpaired) electrons. The molecule has 222 valence electrons. The highest BCUT2D eigenvalue weighted by Crippen LogP contribution is 2.42. The van der Waals surface area contributed by atoms with Crippen molar-refractivity contribution in [2.75, 3.05) is 11.5 Å². The molecule has 3 nitrogen and oxygen atoms in total. The van der Waals surface area contributed by atoms with Crippen molar-refractivity contribution in [1.82, 2.24) is 0 Å². The van der Waals surface area contributed by atoms with Crippen LogP contribution in [0.4, 0.5) is 32.0 Å². The van der Waals surface area contributed by atoms with Crippen LogP contribution in [-0.4, -0.2) is 17.2 Å². The van der Waals surface area contributed by atoms with Crippen molar-refractivity contribution in [1.29, 1.82) is 0 Å². The van der Waals surface area contributed by atoms with E-state index in [1.807, 2.05) is 6.92 Å². The molecule has 0 saturated carbocycles. The number of ether oxygens (including phenoxy) is 1. The number of rotatable bonds is 10. The van der Waals surface area contributed by atoms with Gasteiger partial charge < -0.3 is 14.7 Å². The predicted molar refractivity (Wildman–Crippen MR) is 153 cm³/mol. The van der Waals surface area contributed by atoms with Crippen LogP contribution in [-0.2, 0) is 19.1 Å². The summed E-state index contributed by atoms with van der Waals surface area (Å²) >= 11 is 5.90. The summed E-state index contributed by atoms with van der Waals surface area (Å²) in [5.41, 5.74) is -4.34. The standard InChI is InChI=1S/C31H26ClF6NO2S/c1-2-20-16-24(14-15-27(20)32)41-23-10-7-9-22(17-23)39(18-21-8-3-6-13-29(21)42-31(36,37)38)28(19-40)25-11-4-5-12-26(25)30(33,34)35/h3-17,28,40H,2,18-19H2,1H3. The van der Waals surface area contributed by atoms with Gasteiger partial charge in [0, 0.05) is 28.2 Å². The minimum atomic E-state index is -4.73. The zero-order valence-corrected chi connectivity index (χ0v) is 23.8. The molecule has 1 atom stereocenters. The number of alkyl halides is 6. The van der Waals surface area contributed by atoms with E-state index in [1.165, 1.54) is 41.3 Å². The maximum Gasteiger partial charge on any atom is 0.446 e. The third-order valence-electron chi connectivity index (χ3n) is 6.50. The Kier molecular flexibility index (Phi) is 10.0. The number of benzene rings is 4. The van der Waals surface area contributed by atoms with Gasteiger partial charge in [-0.2, -0.15) is 26.3 Å². The average molecular weight is 626 g/mol. The Morgan fingerprint density at radius 2 is 1.52 bits per heavy atom. The van der Waals surface area contributed by atoms with Gasteiger partial charge in [-0.15, -0.1) is 0 Å². The molecule has 4 aromatic carbocycles. The monoisotopic (exact) mass is 625 g/mol. The normalized spacial score (nSPS) is 12.7. The molecular weight excluding hydrogens is 600 g/mol. The maximum atomic E-state index is 14.0. The number of nitrogens with zero attached hydrogens (tertiary/aromatic N) is 1. The third kappa shape index (κ3) is 7.93. The van der Waals surface area contributed by atoms with E-state index in [0.29, 0.717) is 28.6 Å². The molecule has 11 heteroatoms. The van der Waals surface area contributed by atoms with Gasteiger partial charge in [-0.05, 0) is 77.3 Å². The number of aryl methyl sites for hydroxylation is 1. The van der Waals surface area contributed by atoms with Gasteiger partial charge in [0.1, 0.15) is 11.5 Å². The number of halogens is 7. The number of anilines is 1. The Hall–Kier alpha value is -3.34. The lowest BCUT2D eigenvalue weighted by molar-refractivity contribution is -0.138. The first-order chi connectivity index (χ1) is 19.9. The fraction of sp³-hybridized carbons (Fsp3) is 0.226. The van der Waals surface area contributed by atoms with E-state index >= 15 is 0 Å². The molecule has 0 aliphatic heterocycles. The van der Waals surface area contributed by atoms with Crippen molar-refractivity contribution in [2.24, 2.45) is 0 Å². The van der Waals surface area contributed by atoms with Crippen molar-refractivity contribution in [3.05, 3.63) is 118 Å². The van der Waals surface area contributed by atoms with E-state index in [1.54, 1.807) is 48.5 Å². The minimum Gasteiger partial charge on any atom is -0.457 e. The van der Waals surface area contributed by atoms with Crippen LogP contribution in [0.2, 0.25) is 5.02 Å². The van der Waals surface area contributed by atoms with E-state index in [0.717, 1.165) is 11.6 Å². The molecule has 4 aromatic rings. The van der Waals surface area contributed by atoms with Crippen LogP contribution in [0, 0.1) is 0 Å². The molecule has 1 N–H and O–H groups in total. The molecule has 0 aliphatic carbocycles. The zero-order chi connectivity index (χ0) is 30.5. The summed E-state index contributed by atoms with van der Waals surface area (Å²) in [7, 11) is 0. The summed E-state index contributed by atoms with van der Waals surface area (Å²) in [5.74, 6) is 0.814. The van der Waals surface area contributed by atoms with E-state index < -0.39 is 29.9 Å². The van der Waals surface area contributed by atoms with Gasteiger partial charge in [-0.25, -0.2) is 0 Å². The molecule has 4 rings (SSSR count). The van der Waals surface area contributed by atoms with Crippen LogP contribution in [0.1, 0.15) is 35.2 Å². The molecular formula is C31H26ClF6NO2S. The second-order valence-corrected chi connectivity index (χ2v) is 10.8. The van der Waals surface area contributed by atoms with E-state index in [9.17, 15) is 31.4 Å². The first-order valence-electron chi connectivity index (χ1n) is 12.8. The average Bonchev–Trinajstić information content (AvgIpc) is 2.94. The first kappa shape index (κ1) is 31.6. The molecule has 1 unspecified atom stereocenters. The Morgan fingerprint density at radius 1 is 0.833 bits per heavy atom. The van der Waals surface area contributed by atoms with Gasteiger partial charge in [0.25, 0.3) is 0 Å². The zero-order valence-electron chi connectivity index (χ0n) is 22.2. The third-order valence-corrected chi connectivity index (χ3v) is 7.71. The van der Waals surface area contributed by atoms with Crippen LogP contribution >= 0.6 is 23.4 Å². The fourth-order valence-corrected chi connectivity index (χ4v) is 5.49. The van der Waals surface area contributed by atoms with E-state index in [-0.39, 0.29) is 34.3 Å².